The van der Waals surface area contributed by atoms with Crippen molar-refractivity contribution in [2.75, 3.05) is 7.11 Å². The maximum absolute atomic E-state index is 12.1. The highest BCUT2D eigenvalue weighted by Crippen LogP contribution is 2.23. The smallest absolute Gasteiger partial charge is 0.408 e. The molecule has 0 aliphatic carbocycles. The molecule has 1 atom stereocenters. The second-order valence-corrected chi connectivity index (χ2v) is 7.21. The summed E-state index contributed by atoms with van der Waals surface area (Å²) < 4.78 is 14.8. The SMILES string of the molecule is COC(=O)[C@H](Cc1c(-c2ccc(Cl)cc2)[nH]oc1=O)NC(=O)OC(C)(C)C. The molecule has 0 saturated carbocycles. The highest BCUT2D eigenvalue weighted by molar-refractivity contribution is 6.30. The van der Waals surface area contributed by atoms with Crippen molar-refractivity contribution in [1.29, 1.82) is 0 Å². The van der Waals surface area contributed by atoms with Crippen LogP contribution in [0, 0.1) is 0 Å². The number of alkyl carbamates (subject to hydrolysis) is 1. The van der Waals surface area contributed by atoms with Crippen LogP contribution in [-0.4, -0.2) is 36.0 Å². The first-order valence-electron chi connectivity index (χ1n) is 8.14. The van der Waals surface area contributed by atoms with Gasteiger partial charge >= 0.3 is 17.7 Å². The molecule has 0 aliphatic heterocycles. The minimum atomic E-state index is -1.13. The number of H-pyrrole nitrogens is 1. The number of esters is 1. The molecule has 0 radical (unpaired) electrons. The average Bonchev–Trinajstić information content (AvgIpc) is 2.93. The van der Waals surface area contributed by atoms with Crippen LogP contribution in [-0.2, 0) is 20.7 Å². The third-order valence-corrected chi connectivity index (χ3v) is 3.76. The zero-order valence-corrected chi connectivity index (χ0v) is 16.2. The number of halogens is 1. The van der Waals surface area contributed by atoms with Crippen molar-refractivity contribution in [3.05, 3.63) is 45.3 Å². The highest BCUT2D eigenvalue weighted by atomic mass is 35.5. The van der Waals surface area contributed by atoms with Gasteiger partial charge in [0.1, 0.15) is 11.6 Å². The predicted molar refractivity (Wildman–Crippen MR) is 98.7 cm³/mol. The Morgan fingerprint density at radius 2 is 1.89 bits per heavy atom. The van der Waals surface area contributed by atoms with Crippen molar-refractivity contribution in [2.24, 2.45) is 0 Å². The van der Waals surface area contributed by atoms with E-state index in [0.717, 1.165) is 0 Å². The van der Waals surface area contributed by atoms with Crippen LogP contribution in [0.3, 0.4) is 0 Å². The van der Waals surface area contributed by atoms with Gasteiger partial charge in [-0.3, -0.25) is 0 Å². The van der Waals surface area contributed by atoms with E-state index in [1.165, 1.54) is 7.11 Å². The van der Waals surface area contributed by atoms with Crippen molar-refractivity contribution in [3.63, 3.8) is 0 Å². The number of carbonyl (C=O) groups excluding carboxylic acids is 2. The van der Waals surface area contributed by atoms with Crippen LogP contribution in [0.1, 0.15) is 26.3 Å². The first-order chi connectivity index (χ1) is 12.6. The molecular formula is C18H21ClN2O6. The number of aromatic nitrogens is 1. The summed E-state index contributed by atoms with van der Waals surface area (Å²) in [6.45, 7) is 5.08. The summed E-state index contributed by atoms with van der Waals surface area (Å²) in [5, 5.41) is 5.50. The number of carbonyl (C=O) groups is 2. The van der Waals surface area contributed by atoms with Gasteiger partial charge in [0.15, 0.2) is 0 Å². The quantitative estimate of drug-likeness (QED) is 0.752. The number of rotatable bonds is 5. The van der Waals surface area contributed by atoms with E-state index in [2.05, 4.69) is 10.5 Å². The number of amides is 1. The largest absolute Gasteiger partial charge is 0.467 e. The van der Waals surface area contributed by atoms with Gasteiger partial charge in [-0.1, -0.05) is 23.7 Å². The van der Waals surface area contributed by atoms with Gasteiger partial charge in [-0.25, -0.2) is 19.5 Å². The van der Waals surface area contributed by atoms with Gasteiger partial charge in [0.2, 0.25) is 0 Å². The molecule has 1 aromatic heterocycles. The zero-order chi connectivity index (χ0) is 20.2. The maximum Gasteiger partial charge on any atom is 0.408 e. The molecule has 8 nitrogen and oxygen atoms in total. The summed E-state index contributed by atoms with van der Waals surface area (Å²) in [7, 11) is 1.19. The molecule has 0 bridgehead atoms. The molecule has 2 aromatic rings. The number of methoxy groups -OCH3 is 1. The number of nitrogens with one attached hydrogen (secondary N) is 2. The van der Waals surface area contributed by atoms with E-state index in [0.29, 0.717) is 16.3 Å². The molecule has 0 spiro atoms. The number of ether oxygens (including phenoxy) is 2. The molecule has 0 unspecified atom stereocenters. The minimum absolute atomic E-state index is 0.143. The Balaban J connectivity index is 2.29. The Morgan fingerprint density at radius 3 is 2.44 bits per heavy atom. The molecule has 1 aromatic carbocycles. The van der Waals surface area contributed by atoms with E-state index in [4.69, 9.17) is 25.6 Å². The fourth-order valence-corrected chi connectivity index (χ4v) is 2.47. The van der Waals surface area contributed by atoms with E-state index in [-0.39, 0.29) is 12.0 Å². The lowest BCUT2D eigenvalue weighted by molar-refractivity contribution is -0.143. The summed E-state index contributed by atoms with van der Waals surface area (Å²) in [6, 6.07) is 5.57. The molecular weight excluding hydrogens is 376 g/mol. The van der Waals surface area contributed by atoms with Crippen molar-refractivity contribution in [1.82, 2.24) is 10.5 Å². The normalized spacial score (nSPS) is 12.3. The summed E-state index contributed by atoms with van der Waals surface area (Å²) in [6.07, 6.45) is -0.943. The van der Waals surface area contributed by atoms with E-state index >= 15 is 0 Å². The second-order valence-electron chi connectivity index (χ2n) is 6.78. The van der Waals surface area contributed by atoms with E-state index in [9.17, 15) is 14.4 Å². The zero-order valence-electron chi connectivity index (χ0n) is 15.4. The van der Waals surface area contributed by atoms with Crippen molar-refractivity contribution in [3.8, 4) is 11.3 Å². The second kappa shape index (κ2) is 8.30. The lowest BCUT2D eigenvalue weighted by Crippen LogP contribution is -2.45. The summed E-state index contributed by atoms with van der Waals surface area (Å²) in [5.74, 6) is -0.719. The Kier molecular flexibility index (Phi) is 6.32. The van der Waals surface area contributed by atoms with Crippen molar-refractivity contribution >= 4 is 23.7 Å². The molecule has 2 rings (SSSR count). The number of benzene rings is 1. The van der Waals surface area contributed by atoms with E-state index < -0.39 is 29.3 Å². The molecule has 0 aliphatic rings. The Bertz CT molecular complexity index is 863. The third-order valence-electron chi connectivity index (χ3n) is 3.51. The molecule has 1 heterocycles. The minimum Gasteiger partial charge on any atom is -0.467 e. The highest BCUT2D eigenvalue weighted by Gasteiger charge is 2.28. The molecule has 1 amide bonds. The van der Waals surface area contributed by atoms with Crippen LogP contribution < -0.4 is 10.9 Å². The average molecular weight is 397 g/mol. The van der Waals surface area contributed by atoms with Crippen molar-refractivity contribution in [2.45, 2.75) is 38.8 Å². The van der Waals surface area contributed by atoms with Crippen LogP contribution in [0.2, 0.25) is 5.02 Å². The molecule has 146 valence electrons. The fraction of sp³-hybridized carbons (Fsp3) is 0.389. The van der Waals surface area contributed by atoms with Gasteiger partial charge in [-0.2, -0.15) is 0 Å². The lowest BCUT2D eigenvalue weighted by Gasteiger charge is -2.22. The van der Waals surface area contributed by atoms with Gasteiger partial charge in [-0.15, -0.1) is 0 Å². The Morgan fingerprint density at radius 1 is 1.26 bits per heavy atom. The Hall–Kier alpha value is -2.74. The van der Waals surface area contributed by atoms with Crippen LogP contribution in [0.4, 0.5) is 4.79 Å². The lowest BCUT2D eigenvalue weighted by atomic mass is 10.0. The third kappa shape index (κ3) is 5.62. The topological polar surface area (TPSA) is 111 Å². The monoisotopic (exact) mass is 396 g/mol. The summed E-state index contributed by atoms with van der Waals surface area (Å²) in [5.41, 5.74) is -0.187. The molecule has 0 saturated heterocycles. The van der Waals surface area contributed by atoms with Gasteiger partial charge in [0.25, 0.3) is 0 Å². The van der Waals surface area contributed by atoms with Crippen LogP contribution >= 0.6 is 11.6 Å². The number of aromatic amines is 1. The molecule has 9 heteroatoms. The van der Waals surface area contributed by atoms with Gasteiger partial charge in [0.05, 0.1) is 18.4 Å². The number of hydrogen-bond acceptors (Lipinski definition) is 6. The van der Waals surface area contributed by atoms with E-state index in [1.54, 1.807) is 45.0 Å². The van der Waals surface area contributed by atoms with Crippen LogP contribution in [0.15, 0.2) is 33.6 Å². The molecule has 0 fully saturated rings. The Labute approximate surface area is 160 Å². The molecule has 27 heavy (non-hydrogen) atoms. The first-order valence-corrected chi connectivity index (χ1v) is 8.52. The fourth-order valence-electron chi connectivity index (χ4n) is 2.35. The standard InChI is InChI=1S/C18H21ClN2O6/c1-18(2,3)26-17(24)20-13(16(23)25-4)9-12-14(21-27-15(12)22)10-5-7-11(19)8-6-10/h5-8,13,21H,9H2,1-4H3,(H,20,24)/t13-/m0/s1. The van der Waals surface area contributed by atoms with Gasteiger partial charge in [-0.05, 0) is 32.9 Å². The summed E-state index contributed by atoms with van der Waals surface area (Å²) >= 11 is 5.88. The maximum atomic E-state index is 12.1. The summed E-state index contributed by atoms with van der Waals surface area (Å²) in [4.78, 5) is 36.2. The van der Waals surface area contributed by atoms with Crippen molar-refractivity contribution < 1.29 is 23.6 Å². The molecule has 2 N–H and O–H groups in total. The first kappa shape index (κ1) is 20.6. The van der Waals surface area contributed by atoms with Crippen LogP contribution in [0.25, 0.3) is 11.3 Å². The van der Waals surface area contributed by atoms with Gasteiger partial charge < -0.3 is 19.3 Å². The predicted octanol–water partition coefficient (Wildman–Crippen LogP) is 2.90. The van der Waals surface area contributed by atoms with Crippen LogP contribution in [0.5, 0.6) is 0 Å². The van der Waals surface area contributed by atoms with Gasteiger partial charge in [0, 0.05) is 17.0 Å². The van der Waals surface area contributed by atoms with E-state index in [1.807, 2.05) is 0 Å². The number of hydrogen-bond donors (Lipinski definition) is 2.